The smallest absolute Gasteiger partial charge is 0.276 e. The van der Waals surface area contributed by atoms with Crippen molar-refractivity contribution in [2.75, 3.05) is 18.4 Å². The van der Waals surface area contributed by atoms with Gasteiger partial charge in [0.2, 0.25) is 5.95 Å². The number of carbonyl (C=O) groups is 2. The van der Waals surface area contributed by atoms with E-state index in [9.17, 15) is 18.4 Å². The van der Waals surface area contributed by atoms with Crippen LogP contribution in [0.2, 0.25) is 0 Å². The summed E-state index contributed by atoms with van der Waals surface area (Å²) in [6.45, 7) is 1.04. The fourth-order valence-corrected chi connectivity index (χ4v) is 5.72. The molecule has 45 heavy (non-hydrogen) atoms. The number of likely N-dealkylation sites (tertiary alicyclic amines) is 1. The molecule has 0 spiro atoms. The van der Waals surface area contributed by atoms with Crippen molar-refractivity contribution in [2.45, 2.75) is 18.8 Å². The van der Waals surface area contributed by atoms with Crippen LogP contribution >= 0.6 is 0 Å². The van der Waals surface area contributed by atoms with Gasteiger partial charge in [-0.05, 0) is 55.3 Å². The van der Waals surface area contributed by atoms with Crippen LogP contribution in [0.4, 0.5) is 14.6 Å². The largest absolute Gasteiger partial charge is 0.364 e. The minimum absolute atomic E-state index is 0.0453. The highest BCUT2D eigenvalue weighted by atomic mass is 19.1. The van der Waals surface area contributed by atoms with E-state index in [1.54, 1.807) is 39.9 Å². The summed E-state index contributed by atoms with van der Waals surface area (Å²) in [6.07, 6.45) is 5.51. The molecule has 5 aromatic heterocycles. The summed E-state index contributed by atoms with van der Waals surface area (Å²) in [5.41, 5.74) is 4.51. The molecule has 226 valence electrons. The number of hydrogen-bond acceptors (Lipinski definition) is 8. The molecule has 0 radical (unpaired) electrons. The van der Waals surface area contributed by atoms with Crippen LogP contribution in [0.5, 0.6) is 0 Å². The standard InChI is InChI=1S/C31H25F2N9O3/c1-40-29(19-9-13-41(14-10-19)31(44)23-11-15-45-39-23)27(28(38-40)18-2-4-21(32)5-3-18)22-6-7-26-35-25(17-42(26)37-22)36-30(43)20-8-12-34-24(33)16-20/h2-8,11-12,15-17,19H,9-10,13-14H2,1H3,(H,36,43). The van der Waals surface area contributed by atoms with Crippen LogP contribution in [0.3, 0.4) is 0 Å². The Bertz CT molecular complexity index is 2030. The summed E-state index contributed by atoms with van der Waals surface area (Å²) in [6, 6.07) is 13.7. The molecule has 1 aliphatic heterocycles. The molecule has 0 atom stereocenters. The Morgan fingerprint density at radius 1 is 1.00 bits per heavy atom. The second kappa shape index (κ2) is 11.4. The maximum absolute atomic E-state index is 13.9. The Balaban J connectivity index is 1.23. The van der Waals surface area contributed by atoms with Crippen LogP contribution in [-0.2, 0) is 7.05 Å². The average molecular weight is 610 g/mol. The van der Waals surface area contributed by atoms with Crippen molar-refractivity contribution in [1.82, 2.24) is 39.4 Å². The number of benzene rings is 1. The van der Waals surface area contributed by atoms with Gasteiger partial charge in [-0.15, -0.1) is 0 Å². The third-order valence-electron chi connectivity index (χ3n) is 7.84. The molecule has 0 saturated carbocycles. The van der Waals surface area contributed by atoms with Gasteiger partial charge in [0.25, 0.3) is 11.8 Å². The van der Waals surface area contributed by atoms with E-state index in [4.69, 9.17) is 14.7 Å². The molecular weight excluding hydrogens is 584 g/mol. The van der Waals surface area contributed by atoms with Crippen molar-refractivity contribution in [3.05, 3.63) is 102 Å². The van der Waals surface area contributed by atoms with E-state index in [-0.39, 0.29) is 34.7 Å². The number of imidazole rings is 1. The second-order valence-corrected chi connectivity index (χ2v) is 10.7. The van der Waals surface area contributed by atoms with Crippen LogP contribution in [0.25, 0.3) is 28.2 Å². The molecule has 1 aliphatic rings. The summed E-state index contributed by atoms with van der Waals surface area (Å²) in [5.74, 6) is -1.56. The third-order valence-corrected chi connectivity index (χ3v) is 7.84. The van der Waals surface area contributed by atoms with Gasteiger partial charge in [-0.3, -0.25) is 14.3 Å². The molecule has 1 saturated heterocycles. The van der Waals surface area contributed by atoms with Crippen molar-refractivity contribution in [1.29, 1.82) is 0 Å². The second-order valence-electron chi connectivity index (χ2n) is 10.7. The zero-order valence-corrected chi connectivity index (χ0v) is 23.9. The van der Waals surface area contributed by atoms with Gasteiger partial charge < -0.3 is 14.7 Å². The number of fused-ring (bicyclic) bond motifs is 1. The van der Waals surface area contributed by atoms with Crippen molar-refractivity contribution in [3.63, 3.8) is 0 Å². The molecule has 12 nitrogen and oxygen atoms in total. The number of aromatic nitrogens is 7. The highest BCUT2D eigenvalue weighted by Crippen LogP contribution is 2.40. The van der Waals surface area contributed by atoms with Gasteiger partial charge in [-0.2, -0.15) is 14.6 Å². The first-order valence-electron chi connectivity index (χ1n) is 14.2. The summed E-state index contributed by atoms with van der Waals surface area (Å²) in [5, 5.41) is 16.1. The molecule has 1 aromatic carbocycles. The molecule has 0 aliphatic carbocycles. The van der Waals surface area contributed by atoms with E-state index in [0.717, 1.165) is 22.9 Å². The minimum Gasteiger partial charge on any atom is -0.364 e. The number of amides is 2. The number of rotatable bonds is 6. The Hall–Kier alpha value is -5.79. The van der Waals surface area contributed by atoms with Crippen LogP contribution in [0, 0.1) is 11.8 Å². The quantitative estimate of drug-likeness (QED) is 0.268. The van der Waals surface area contributed by atoms with Gasteiger partial charge in [-0.1, -0.05) is 5.16 Å². The molecule has 7 rings (SSSR count). The number of carbonyl (C=O) groups excluding carboxylic acids is 2. The molecule has 14 heteroatoms. The number of nitrogens with zero attached hydrogens (tertiary/aromatic N) is 8. The first-order chi connectivity index (χ1) is 21.8. The Morgan fingerprint density at radius 3 is 2.53 bits per heavy atom. The highest BCUT2D eigenvalue weighted by Gasteiger charge is 2.32. The van der Waals surface area contributed by atoms with Crippen LogP contribution in [0.15, 0.2) is 77.8 Å². The summed E-state index contributed by atoms with van der Waals surface area (Å²) < 4.78 is 35.6. The molecule has 0 unspecified atom stereocenters. The van der Waals surface area contributed by atoms with Gasteiger partial charge in [0.15, 0.2) is 17.2 Å². The number of anilines is 1. The number of halogens is 2. The van der Waals surface area contributed by atoms with Crippen LogP contribution < -0.4 is 5.32 Å². The summed E-state index contributed by atoms with van der Waals surface area (Å²) >= 11 is 0. The lowest BCUT2D eigenvalue weighted by Gasteiger charge is -2.32. The zero-order valence-electron chi connectivity index (χ0n) is 23.9. The predicted octanol–water partition coefficient (Wildman–Crippen LogP) is 4.73. The fourth-order valence-electron chi connectivity index (χ4n) is 5.72. The highest BCUT2D eigenvalue weighted by molar-refractivity contribution is 6.03. The lowest BCUT2D eigenvalue weighted by molar-refractivity contribution is 0.0701. The fraction of sp³-hybridized carbons (Fsp3) is 0.194. The number of hydrogen-bond donors (Lipinski definition) is 1. The average Bonchev–Trinajstić information content (AvgIpc) is 3.80. The van der Waals surface area contributed by atoms with Crippen LogP contribution in [-0.4, -0.2) is 64.3 Å². The lowest BCUT2D eigenvalue weighted by Crippen LogP contribution is -2.38. The van der Waals surface area contributed by atoms with Crippen LogP contribution in [0.1, 0.15) is 45.3 Å². The zero-order chi connectivity index (χ0) is 31.1. The Morgan fingerprint density at radius 2 is 1.80 bits per heavy atom. The van der Waals surface area contributed by atoms with Crippen molar-refractivity contribution >= 4 is 23.3 Å². The topological polar surface area (TPSA) is 136 Å². The predicted molar refractivity (Wildman–Crippen MR) is 157 cm³/mol. The first kappa shape index (κ1) is 28.0. The van der Waals surface area contributed by atoms with E-state index in [1.807, 2.05) is 17.8 Å². The first-order valence-corrected chi connectivity index (χ1v) is 14.2. The molecular formula is C31H25F2N9O3. The lowest BCUT2D eigenvalue weighted by atomic mass is 9.88. The Labute approximate surface area is 254 Å². The molecule has 1 fully saturated rings. The SMILES string of the molecule is Cn1nc(-c2ccc(F)cc2)c(-c2ccc3nc(NC(=O)c4ccnc(F)c4)cn3n2)c1C1CCN(C(=O)c2ccon2)CC1. The monoisotopic (exact) mass is 609 g/mol. The van der Waals surface area contributed by atoms with E-state index in [0.29, 0.717) is 43.0 Å². The van der Waals surface area contributed by atoms with Gasteiger partial charge in [0.1, 0.15) is 17.8 Å². The number of pyridine rings is 1. The maximum Gasteiger partial charge on any atom is 0.276 e. The van der Waals surface area contributed by atoms with Gasteiger partial charge >= 0.3 is 0 Å². The maximum atomic E-state index is 13.9. The molecule has 2 amide bonds. The summed E-state index contributed by atoms with van der Waals surface area (Å²) in [7, 11) is 1.87. The number of piperidine rings is 1. The van der Waals surface area contributed by atoms with Crippen molar-refractivity contribution < 1.29 is 22.9 Å². The molecule has 1 N–H and O–H groups in total. The Kier molecular flexibility index (Phi) is 7.08. The van der Waals surface area contributed by atoms with Crippen molar-refractivity contribution in [2.24, 2.45) is 7.05 Å². The number of aryl methyl sites for hydroxylation is 1. The molecule has 6 heterocycles. The minimum atomic E-state index is -0.763. The number of nitrogens with one attached hydrogen (secondary N) is 1. The van der Waals surface area contributed by atoms with Gasteiger partial charge in [0.05, 0.1) is 23.1 Å². The van der Waals surface area contributed by atoms with E-state index < -0.39 is 11.9 Å². The van der Waals surface area contributed by atoms with Crippen molar-refractivity contribution in [3.8, 4) is 22.5 Å². The van der Waals surface area contributed by atoms with E-state index in [1.165, 1.54) is 30.7 Å². The molecule has 0 bridgehead atoms. The van der Waals surface area contributed by atoms with Gasteiger partial charge in [0, 0.05) is 55.5 Å². The summed E-state index contributed by atoms with van der Waals surface area (Å²) in [4.78, 5) is 35.2. The van der Waals surface area contributed by atoms with E-state index >= 15 is 0 Å². The van der Waals surface area contributed by atoms with E-state index in [2.05, 4.69) is 20.4 Å². The molecule has 6 aromatic rings. The van der Waals surface area contributed by atoms with Gasteiger partial charge in [-0.25, -0.2) is 18.9 Å². The normalized spacial score (nSPS) is 13.8. The third kappa shape index (κ3) is 5.41.